The second-order valence-electron chi connectivity index (χ2n) is 17.8. The number of allylic oxidation sites excluding steroid dienone is 4. The summed E-state index contributed by atoms with van der Waals surface area (Å²) in [6.45, 7) is 12.7. The molecule has 0 unspecified atom stereocenters. The van der Waals surface area contributed by atoms with Crippen molar-refractivity contribution in [1.82, 2.24) is 9.80 Å². The maximum Gasteiger partial charge on any atom is 0.410 e. The predicted octanol–water partition coefficient (Wildman–Crippen LogP) is 9.66. The third kappa shape index (κ3) is 8.01. The van der Waals surface area contributed by atoms with Crippen LogP contribution in [-0.4, -0.2) is 65.3 Å². The van der Waals surface area contributed by atoms with Gasteiger partial charge in [0.05, 0.1) is 11.6 Å². The van der Waals surface area contributed by atoms with Crippen molar-refractivity contribution in [3.8, 4) is 6.07 Å². The minimum absolute atomic E-state index is 0.274. The van der Waals surface area contributed by atoms with E-state index in [0.717, 1.165) is 83.9 Å². The molecule has 3 amide bonds. The lowest BCUT2D eigenvalue weighted by Gasteiger charge is -2.31. The first-order chi connectivity index (χ1) is 26.9. The zero-order chi connectivity index (χ0) is 41.0. The second kappa shape index (κ2) is 15.3. The molecule has 6 aliphatic rings. The first-order valence-electron chi connectivity index (χ1n) is 20.1. The van der Waals surface area contributed by atoms with Crippen LogP contribution in [0.3, 0.4) is 0 Å². The quantitative estimate of drug-likeness (QED) is 0.331. The highest BCUT2D eigenvalue weighted by molar-refractivity contribution is 6.00. The molecule has 0 aromatic heterocycles. The summed E-state index contributed by atoms with van der Waals surface area (Å²) in [5.41, 5.74) is 16.4. The molecule has 0 saturated heterocycles. The van der Waals surface area contributed by atoms with E-state index in [1.165, 1.54) is 28.9 Å². The smallest absolute Gasteiger partial charge is 0.410 e. The van der Waals surface area contributed by atoms with Gasteiger partial charge in [0.25, 0.3) is 0 Å². The lowest BCUT2D eigenvalue weighted by molar-refractivity contribution is 0.0262. The third-order valence-corrected chi connectivity index (χ3v) is 11.5. The highest BCUT2D eigenvalue weighted by Crippen LogP contribution is 2.49. The summed E-state index contributed by atoms with van der Waals surface area (Å²) < 4.78 is 41.5. The van der Waals surface area contributed by atoms with Crippen LogP contribution in [0.2, 0.25) is 0 Å². The molecule has 2 N–H and O–H groups in total. The van der Waals surface area contributed by atoms with Gasteiger partial charge in [0.15, 0.2) is 0 Å². The van der Waals surface area contributed by atoms with Gasteiger partial charge >= 0.3 is 12.2 Å². The van der Waals surface area contributed by atoms with Crippen LogP contribution in [0, 0.1) is 23.0 Å². The van der Waals surface area contributed by atoms with E-state index >= 15 is 8.78 Å². The first-order valence-corrected chi connectivity index (χ1v) is 20.1. The molecule has 2 heterocycles. The van der Waals surface area contributed by atoms with Crippen LogP contribution in [-0.2, 0) is 22.3 Å². The van der Waals surface area contributed by atoms with Gasteiger partial charge in [0.2, 0.25) is 5.91 Å². The number of rotatable bonds is 3. The fraction of sp³-hybridized carbons (Fsp3) is 0.478. The maximum absolute atomic E-state index is 15.3. The Kier molecular flexibility index (Phi) is 10.7. The topological polar surface area (TPSA) is 126 Å². The Morgan fingerprint density at radius 1 is 0.702 bits per heavy atom. The van der Waals surface area contributed by atoms with Gasteiger partial charge in [0, 0.05) is 42.9 Å². The van der Waals surface area contributed by atoms with Crippen LogP contribution < -0.4 is 5.73 Å². The average molecular weight is 779 g/mol. The van der Waals surface area contributed by atoms with E-state index < -0.39 is 29.0 Å². The van der Waals surface area contributed by atoms with Gasteiger partial charge in [0.1, 0.15) is 22.8 Å². The molecule has 8 rings (SSSR count). The van der Waals surface area contributed by atoms with Crippen molar-refractivity contribution < 1.29 is 32.6 Å². The van der Waals surface area contributed by atoms with Gasteiger partial charge in [-0.1, -0.05) is 23.3 Å². The molecule has 4 aliphatic carbocycles. The highest BCUT2D eigenvalue weighted by atomic mass is 19.1. The van der Waals surface area contributed by atoms with E-state index in [4.69, 9.17) is 15.2 Å². The number of primary amides is 1. The van der Waals surface area contributed by atoms with Crippen LogP contribution in [0.4, 0.5) is 18.4 Å². The van der Waals surface area contributed by atoms with Crippen molar-refractivity contribution in [1.29, 1.82) is 5.26 Å². The monoisotopic (exact) mass is 778 g/mol. The molecule has 0 radical (unpaired) electrons. The first kappa shape index (κ1) is 40.0. The molecular weight excluding hydrogens is 727 g/mol. The van der Waals surface area contributed by atoms with E-state index in [2.05, 4.69) is 6.07 Å². The van der Waals surface area contributed by atoms with Crippen LogP contribution in [0.15, 0.2) is 35.4 Å². The molecule has 0 saturated carbocycles. The molecule has 9 nitrogen and oxygen atoms in total. The Hall–Kier alpha value is -5.24. The Bertz CT molecular complexity index is 2240. The number of hydrogen-bond acceptors (Lipinski definition) is 6. The van der Waals surface area contributed by atoms with Gasteiger partial charge in [-0.05, 0) is 162 Å². The lowest BCUT2D eigenvalue weighted by Crippen LogP contribution is -2.39. The van der Waals surface area contributed by atoms with Gasteiger partial charge < -0.3 is 25.0 Å². The number of amides is 3. The molecule has 0 spiro atoms. The van der Waals surface area contributed by atoms with Gasteiger partial charge in [-0.3, -0.25) is 4.79 Å². The molecule has 2 aromatic rings. The minimum Gasteiger partial charge on any atom is -0.444 e. The summed E-state index contributed by atoms with van der Waals surface area (Å²) in [4.78, 5) is 40.3. The van der Waals surface area contributed by atoms with Gasteiger partial charge in [-0.2, -0.15) is 5.26 Å². The maximum atomic E-state index is 15.3. The SMILES string of the molecule is CC(C)(C)OC(=O)N1CCC=C(c2c(F)cc(C#N)c3c2C2=C(CCC2)C3)C1.CC(C)(C)OC(=O)N1CCC=C(c2c(F)cc(C(N)=O)c3c2C2=C(CCC2)C3)C1. The van der Waals surface area contributed by atoms with Crippen LogP contribution >= 0.6 is 0 Å². The van der Waals surface area contributed by atoms with E-state index in [1.54, 1.807) is 9.80 Å². The molecule has 0 fully saturated rings. The number of nitriles is 1. The summed E-state index contributed by atoms with van der Waals surface area (Å²) in [5, 5.41) is 9.49. The number of carbonyl (C=O) groups is 3. The number of carbonyl (C=O) groups excluding carboxylic acids is 3. The van der Waals surface area contributed by atoms with Crippen molar-refractivity contribution in [2.45, 2.75) is 117 Å². The number of nitrogens with zero attached hydrogens (tertiary/aromatic N) is 3. The normalized spacial score (nSPS) is 18.5. The van der Waals surface area contributed by atoms with E-state index in [-0.39, 0.29) is 24.0 Å². The van der Waals surface area contributed by atoms with E-state index in [9.17, 15) is 19.6 Å². The summed E-state index contributed by atoms with van der Waals surface area (Å²) in [6.07, 6.45) is 11.9. The number of ether oxygens (including phenoxy) is 2. The summed E-state index contributed by atoms with van der Waals surface area (Å²) in [7, 11) is 0. The van der Waals surface area contributed by atoms with Crippen molar-refractivity contribution in [3.63, 3.8) is 0 Å². The third-order valence-electron chi connectivity index (χ3n) is 11.5. The highest BCUT2D eigenvalue weighted by Gasteiger charge is 2.36. The van der Waals surface area contributed by atoms with Crippen molar-refractivity contribution >= 4 is 40.4 Å². The standard InChI is InChI=1S/C23H27FN2O3.C23H25FN2O2/c1-23(2,3)29-22(28)26-9-5-7-14(12-26)19-18(24)11-17(21(25)27)16-10-13-6-4-8-15(13)20(16)19;1-23(2,3)28-22(27)26-9-5-7-15(13-26)20-19(24)11-16(12-25)18-10-14-6-4-8-17(14)21(18)20/h7,11H,4-6,8-10,12H2,1-3H3,(H2,25,27);7,11H,4-6,8-10,13H2,1-3H3. The number of hydrogen-bond donors (Lipinski definition) is 1. The van der Waals surface area contributed by atoms with E-state index in [1.807, 2.05) is 53.7 Å². The Morgan fingerprint density at radius 2 is 1.16 bits per heavy atom. The fourth-order valence-corrected chi connectivity index (χ4v) is 9.21. The van der Waals surface area contributed by atoms with E-state index in [0.29, 0.717) is 55.6 Å². The largest absolute Gasteiger partial charge is 0.444 e. The molecule has 0 atom stereocenters. The predicted molar refractivity (Wildman–Crippen MR) is 216 cm³/mol. The summed E-state index contributed by atoms with van der Waals surface area (Å²) in [6, 6.07) is 4.80. The van der Waals surface area contributed by atoms with Crippen LogP contribution in [0.25, 0.3) is 22.3 Å². The Labute approximate surface area is 333 Å². The molecule has 2 aromatic carbocycles. The van der Waals surface area contributed by atoms with Gasteiger partial charge in [-0.25, -0.2) is 18.4 Å². The zero-order valence-electron chi connectivity index (χ0n) is 33.9. The molecule has 0 bridgehead atoms. The van der Waals surface area contributed by atoms with Crippen molar-refractivity contribution in [3.05, 3.63) is 91.6 Å². The molecule has 11 heteroatoms. The molecular formula is C46H52F2N4O5. The fourth-order valence-electron chi connectivity index (χ4n) is 9.21. The second-order valence-corrected chi connectivity index (χ2v) is 17.8. The van der Waals surface area contributed by atoms with Crippen molar-refractivity contribution in [2.75, 3.05) is 26.2 Å². The Balaban J connectivity index is 0.000000174. The molecule has 57 heavy (non-hydrogen) atoms. The number of halogens is 2. The molecule has 300 valence electrons. The molecule has 2 aliphatic heterocycles. The number of fused-ring (bicyclic) bond motifs is 4. The van der Waals surface area contributed by atoms with Crippen LogP contribution in [0.1, 0.15) is 142 Å². The Morgan fingerprint density at radius 3 is 1.61 bits per heavy atom. The lowest BCUT2D eigenvalue weighted by atomic mass is 9.87. The van der Waals surface area contributed by atoms with Gasteiger partial charge in [-0.15, -0.1) is 0 Å². The minimum atomic E-state index is -0.596. The van der Waals surface area contributed by atoms with Crippen molar-refractivity contribution in [2.24, 2.45) is 5.73 Å². The number of benzene rings is 2. The van der Waals surface area contributed by atoms with Crippen LogP contribution in [0.5, 0.6) is 0 Å². The summed E-state index contributed by atoms with van der Waals surface area (Å²) >= 11 is 0. The average Bonchev–Trinajstić information content (AvgIpc) is 3.93. The zero-order valence-corrected chi connectivity index (χ0v) is 33.9. The number of nitrogens with two attached hydrogens (primary N) is 1. The summed E-state index contributed by atoms with van der Waals surface area (Å²) in [5.74, 6) is -1.41.